The molecule has 3 N–H and O–H groups in total. The van der Waals surface area contributed by atoms with Gasteiger partial charge in [-0.3, -0.25) is 4.79 Å². The monoisotopic (exact) mass is 402 g/mol. The maximum atomic E-state index is 12.6. The maximum absolute atomic E-state index is 12.6. The number of aliphatic hydroxyl groups excluding tert-OH is 2. The summed E-state index contributed by atoms with van der Waals surface area (Å²) in [5.74, 6) is 0.454. The number of ketones is 1. The number of carbonyl (C=O) groups is 1. The summed E-state index contributed by atoms with van der Waals surface area (Å²) in [6.45, 7) is 9.45. The molecule has 2 unspecified atom stereocenters. The van der Waals surface area contributed by atoms with Gasteiger partial charge < -0.3 is 24.8 Å². The summed E-state index contributed by atoms with van der Waals surface area (Å²) in [6.07, 6.45) is 6.36. The number of aromatic hydroxyl groups is 1. The van der Waals surface area contributed by atoms with E-state index in [1.165, 1.54) is 38.5 Å². The van der Waals surface area contributed by atoms with Crippen molar-refractivity contribution in [3.63, 3.8) is 0 Å². The van der Waals surface area contributed by atoms with Gasteiger partial charge >= 0.3 is 0 Å². The van der Waals surface area contributed by atoms with Gasteiger partial charge in [0.15, 0.2) is 5.78 Å². The Bertz CT molecular complexity index is 787. The molecule has 0 aliphatic carbocycles. The van der Waals surface area contributed by atoms with Crippen LogP contribution in [0.2, 0.25) is 0 Å². The fourth-order valence-electron chi connectivity index (χ4n) is 2.82. The number of hydrogen-bond acceptors (Lipinski definition) is 6. The van der Waals surface area contributed by atoms with Gasteiger partial charge in [-0.15, -0.1) is 13.2 Å². The van der Waals surface area contributed by atoms with Crippen LogP contribution < -0.4 is 4.74 Å². The Hall–Kier alpha value is -2.99. The Balaban J connectivity index is 0.00000204. The second-order valence-corrected chi connectivity index (χ2v) is 6.68. The van der Waals surface area contributed by atoms with E-state index in [2.05, 4.69) is 13.2 Å². The van der Waals surface area contributed by atoms with E-state index in [0.717, 1.165) is 5.56 Å². The fraction of sp³-hybridized carbons (Fsp3) is 0.348. The molecule has 29 heavy (non-hydrogen) atoms. The average molecular weight is 402 g/mol. The summed E-state index contributed by atoms with van der Waals surface area (Å²) in [4.78, 5) is 12.6. The fourth-order valence-corrected chi connectivity index (χ4v) is 2.82. The SMILES string of the molecule is C=C.CO/C=C(/C=C\C=C(/C)O)C(=O)Cc1cc2c(cc1O)OC(C(C)CO)C2. The number of aliphatic hydroxyl groups is 2. The minimum Gasteiger partial charge on any atom is -0.513 e. The van der Waals surface area contributed by atoms with Crippen LogP contribution in [0.1, 0.15) is 25.0 Å². The summed E-state index contributed by atoms with van der Waals surface area (Å²) >= 11 is 0. The molecule has 1 aromatic rings. The number of benzene rings is 1. The molecular weight excluding hydrogens is 372 g/mol. The zero-order valence-corrected chi connectivity index (χ0v) is 17.2. The van der Waals surface area contributed by atoms with E-state index >= 15 is 0 Å². The van der Waals surface area contributed by atoms with Crippen molar-refractivity contribution in [2.45, 2.75) is 32.8 Å². The van der Waals surface area contributed by atoms with E-state index in [9.17, 15) is 20.1 Å². The van der Waals surface area contributed by atoms with Crippen LogP contribution in [0.3, 0.4) is 0 Å². The van der Waals surface area contributed by atoms with Crippen LogP contribution in [0.25, 0.3) is 0 Å². The van der Waals surface area contributed by atoms with Crippen LogP contribution in [-0.2, 0) is 22.4 Å². The molecule has 0 bridgehead atoms. The highest BCUT2D eigenvalue weighted by atomic mass is 16.5. The molecule has 1 aliphatic heterocycles. The van der Waals surface area contributed by atoms with Crippen LogP contribution in [0.15, 0.2) is 61.1 Å². The minimum absolute atomic E-state index is 0.000683. The number of methoxy groups -OCH3 is 1. The Morgan fingerprint density at radius 2 is 2.10 bits per heavy atom. The van der Waals surface area contributed by atoms with Gasteiger partial charge in [-0.25, -0.2) is 0 Å². The first-order chi connectivity index (χ1) is 13.8. The van der Waals surface area contributed by atoms with Crippen LogP contribution in [0.5, 0.6) is 11.5 Å². The Kier molecular flexibility index (Phi) is 9.75. The molecule has 6 heteroatoms. The molecule has 0 aromatic heterocycles. The third-order valence-corrected chi connectivity index (χ3v) is 4.41. The highest BCUT2D eigenvalue weighted by Crippen LogP contribution is 2.37. The third-order valence-electron chi connectivity index (χ3n) is 4.41. The number of allylic oxidation sites excluding steroid dienone is 5. The number of carbonyl (C=O) groups excluding carboxylic acids is 1. The minimum atomic E-state index is -0.230. The number of phenols is 1. The predicted molar refractivity (Wildman–Crippen MR) is 113 cm³/mol. The van der Waals surface area contributed by atoms with Gasteiger partial charge in [-0.1, -0.05) is 13.0 Å². The van der Waals surface area contributed by atoms with E-state index in [4.69, 9.17) is 9.47 Å². The summed E-state index contributed by atoms with van der Waals surface area (Å²) in [5, 5.41) is 28.8. The van der Waals surface area contributed by atoms with Crippen molar-refractivity contribution in [3.05, 3.63) is 72.2 Å². The van der Waals surface area contributed by atoms with Gasteiger partial charge in [0.05, 0.1) is 24.7 Å². The molecule has 2 rings (SSSR count). The molecule has 0 radical (unpaired) electrons. The molecular formula is C23H30O6. The molecule has 158 valence electrons. The smallest absolute Gasteiger partial charge is 0.170 e. The average Bonchev–Trinajstić information content (AvgIpc) is 3.10. The Morgan fingerprint density at radius 3 is 2.69 bits per heavy atom. The van der Waals surface area contributed by atoms with Crippen molar-refractivity contribution in [2.24, 2.45) is 5.92 Å². The van der Waals surface area contributed by atoms with E-state index in [0.29, 0.717) is 23.3 Å². The molecule has 2 atom stereocenters. The van der Waals surface area contributed by atoms with Crippen molar-refractivity contribution < 1.29 is 29.6 Å². The number of rotatable bonds is 8. The molecule has 0 fully saturated rings. The quantitative estimate of drug-likeness (QED) is 0.265. The first-order valence-electron chi connectivity index (χ1n) is 9.28. The summed E-state index contributed by atoms with van der Waals surface area (Å²) in [7, 11) is 1.45. The first kappa shape index (κ1) is 24.0. The van der Waals surface area contributed by atoms with Crippen LogP contribution in [-0.4, -0.2) is 40.9 Å². The summed E-state index contributed by atoms with van der Waals surface area (Å²) in [6, 6.07) is 3.30. The van der Waals surface area contributed by atoms with Gasteiger partial charge in [0.1, 0.15) is 17.6 Å². The predicted octanol–water partition coefficient (Wildman–Crippen LogP) is 3.79. The van der Waals surface area contributed by atoms with Crippen molar-refractivity contribution in [1.29, 1.82) is 0 Å². The molecule has 1 aliphatic rings. The van der Waals surface area contributed by atoms with Crippen LogP contribution in [0, 0.1) is 5.92 Å². The number of Topliss-reactive ketones (excluding diaryl/α,β-unsaturated/α-hetero) is 1. The van der Waals surface area contributed by atoms with Crippen LogP contribution in [0.4, 0.5) is 0 Å². The Morgan fingerprint density at radius 1 is 1.41 bits per heavy atom. The van der Waals surface area contributed by atoms with E-state index in [1.807, 2.05) is 6.92 Å². The highest BCUT2D eigenvalue weighted by Gasteiger charge is 2.29. The van der Waals surface area contributed by atoms with Crippen molar-refractivity contribution in [2.75, 3.05) is 13.7 Å². The number of fused-ring (bicyclic) bond motifs is 1. The topological polar surface area (TPSA) is 96.2 Å². The lowest BCUT2D eigenvalue weighted by Gasteiger charge is -2.16. The summed E-state index contributed by atoms with van der Waals surface area (Å²) in [5.41, 5.74) is 1.73. The van der Waals surface area contributed by atoms with Crippen molar-refractivity contribution >= 4 is 5.78 Å². The maximum Gasteiger partial charge on any atom is 0.170 e. The number of ether oxygens (including phenoxy) is 2. The molecule has 0 saturated carbocycles. The van der Waals surface area contributed by atoms with E-state index in [-0.39, 0.29) is 42.3 Å². The Labute approximate surface area is 172 Å². The van der Waals surface area contributed by atoms with Crippen molar-refractivity contribution in [3.8, 4) is 11.5 Å². The zero-order valence-electron chi connectivity index (χ0n) is 17.2. The lowest BCUT2D eigenvalue weighted by atomic mass is 9.96. The number of hydrogen-bond donors (Lipinski definition) is 3. The summed E-state index contributed by atoms with van der Waals surface area (Å²) < 4.78 is 10.7. The lowest BCUT2D eigenvalue weighted by molar-refractivity contribution is -0.114. The van der Waals surface area contributed by atoms with Gasteiger partial charge in [0.2, 0.25) is 0 Å². The second-order valence-electron chi connectivity index (χ2n) is 6.68. The second kappa shape index (κ2) is 11.8. The first-order valence-corrected chi connectivity index (χ1v) is 9.28. The third kappa shape index (κ3) is 6.84. The van der Waals surface area contributed by atoms with Gasteiger partial charge in [0.25, 0.3) is 0 Å². The van der Waals surface area contributed by atoms with Crippen LogP contribution >= 0.6 is 0 Å². The highest BCUT2D eigenvalue weighted by molar-refractivity contribution is 5.99. The normalized spacial score (nSPS) is 17.2. The molecule has 0 saturated heterocycles. The van der Waals surface area contributed by atoms with Gasteiger partial charge in [0, 0.05) is 37.0 Å². The molecule has 0 amide bonds. The molecule has 1 heterocycles. The van der Waals surface area contributed by atoms with E-state index < -0.39 is 0 Å². The lowest BCUT2D eigenvalue weighted by Crippen LogP contribution is -2.25. The largest absolute Gasteiger partial charge is 0.513 e. The molecule has 1 aromatic carbocycles. The zero-order chi connectivity index (χ0) is 22.0. The van der Waals surface area contributed by atoms with E-state index in [1.54, 1.807) is 12.1 Å². The standard InChI is InChI=1S/C21H26O6.C2H4/c1-13(11-22)20-9-17-7-16(19(25)10-21(17)27-20)8-18(24)15(12-26-3)6-4-5-14(2)23;1-2/h4-7,10,12-13,20,22-23,25H,8-9,11H2,1-3H3;1-2H2/b6-4-,14-5+,15-12-;. The molecule has 0 spiro atoms. The van der Waals surface area contributed by atoms with Gasteiger partial charge in [-0.05, 0) is 30.7 Å². The number of phenolic OH excluding ortho intramolecular Hbond substituents is 1. The van der Waals surface area contributed by atoms with Crippen molar-refractivity contribution in [1.82, 2.24) is 0 Å². The van der Waals surface area contributed by atoms with Gasteiger partial charge in [-0.2, -0.15) is 0 Å². The molecule has 6 nitrogen and oxygen atoms in total.